The average Bonchev–Trinajstić information content (AvgIpc) is 3.02. The van der Waals surface area contributed by atoms with Crippen LogP contribution in [0.25, 0.3) is 0 Å². The van der Waals surface area contributed by atoms with Gasteiger partial charge in [-0.25, -0.2) is 4.39 Å². The van der Waals surface area contributed by atoms with Gasteiger partial charge in [0, 0.05) is 5.82 Å². The Bertz CT molecular complexity index is 637. The molecule has 2 aliphatic rings. The Balaban J connectivity index is 1.80. The Morgan fingerprint density at radius 3 is 2.27 bits per heavy atom. The summed E-state index contributed by atoms with van der Waals surface area (Å²) in [6.45, 7) is 10.3. The summed E-state index contributed by atoms with van der Waals surface area (Å²) < 4.78 is 26.1. The van der Waals surface area contributed by atoms with Crippen molar-refractivity contribution in [1.82, 2.24) is 0 Å². The number of benzene rings is 1. The first kappa shape index (κ1) is 15.5. The van der Waals surface area contributed by atoms with Crippen molar-refractivity contribution < 1.29 is 13.7 Å². The minimum Gasteiger partial charge on any atom is -0.403 e. The third-order valence-electron chi connectivity index (χ3n) is 5.53. The zero-order chi connectivity index (χ0) is 16.3. The lowest BCUT2D eigenvalue weighted by Crippen LogP contribution is -2.41. The smallest absolute Gasteiger partial charge is 0.403 e. The fourth-order valence-corrected chi connectivity index (χ4v) is 3.31. The van der Waals surface area contributed by atoms with Gasteiger partial charge in [-0.05, 0) is 57.2 Å². The van der Waals surface area contributed by atoms with E-state index >= 15 is 0 Å². The van der Waals surface area contributed by atoms with E-state index in [1.807, 2.05) is 39.8 Å². The predicted molar refractivity (Wildman–Crippen MR) is 82.9 cm³/mol. The van der Waals surface area contributed by atoms with Crippen molar-refractivity contribution in [3.05, 3.63) is 35.1 Å². The quantitative estimate of drug-likeness (QED) is 0.778. The molecule has 1 saturated carbocycles. The first-order valence-electron chi connectivity index (χ1n) is 7.73. The van der Waals surface area contributed by atoms with Crippen LogP contribution in [0.2, 0.25) is 5.82 Å². The number of nitrogens with zero attached hydrogens (tertiary/aromatic N) is 1. The second-order valence-electron chi connectivity index (χ2n) is 7.44. The van der Waals surface area contributed by atoms with E-state index in [2.05, 4.69) is 6.92 Å². The number of hydrogen-bond donors (Lipinski definition) is 0. The highest BCUT2D eigenvalue weighted by Gasteiger charge is 2.63. The van der Waals surface area contributed by atoms with Crippen LogP contribution in [0.3, 0.4) is 0 Å². The van der Waals surface area contributed by atoms with E-state index in [0.29, 0.717) is 5.92 Å². The zero-order valence-corrected chi connectivity index (χ0v) is 13.7. The molecule has 2 fully saturated rings. The van der Waals surface area contributed by atoms with Crippen LogP contribution in [0.1, 0.15) is 51.7 Å². The lowest BCUT2D eigenvalue weighted by atomic mass is 9.79. The highest BCUT2D eigenvalue weighted by Crippen LogP contribution is 2.63. The molecule has 1 heterocycles. The van der Waals surface area contributed by atoms with Crippen molar-refractivity contribution in [3.63, 3.8) is 0 Å². The van der Waals surface area contributed by atoms with Crippen LogP contribution in [-0.4, -0.2) is 18.3 Å². The molecular weight excluding hydrogens is 280 g/mol. The van der Waals surface area contributed by atoms with E-state index in [1.54, 1.807) is 6.07 Å². The van der Waals surface area contributed by atoms with Gasteiger partial charge in [0.1, 0.15) is 11.9 Å². The second kappa shape index (κ2) is 4.81. The average molecular weight is 301 g/mol. The van der Waals surface area contributed by atoms with Gasteiger partial charge in [-0.1, -0.05) is 13.0 Å². The molecule has 1 aromatic carbocycles. The normalized spacial score (nSPS) is 31.9. The molecule has 0 amide bonds. The van der Waals surface area contributed by atoms with Crippen molar-refractivity contribution in [2.75, 3.05) is 0 Å². The number of nitriles is 1. The summed E-state index contributed by atoms with van der Waals surface area (Å²) in [7, 11) is -0.260. The highest BCUT2D eigenvalue weighted by molar-refractivity contribution is 6.49. The van der Waals surface area contributed by atoms with Crippen LogP contribution < -0.4 is 0 Å². The standard InChI is InChI=1S/C17H21BFNO2/c1-10-14(11-6-7-12(9-20)13(19)8-11)15(10)18-21-16(2,3)17(4,5)22-18/h6-8,10,14-15H,1-5H3. The topological polar surface area (TPSA) is 42.2 Å². The fraction of sp³-hybridized carbons (Fsp3) is 0.588. The van der Waals surface area contributed by atoms with E-state index in [9.17, 15) is 4.39 Å². The van der Waals surface area contributed by atoms with Crippen molar-refractivity contribution in [1.29, 1.82) is 5.26 Å². The molecule has 116 valence electrons. The first-order chi connectivity index (χ1) is 10.2. The van der Waals surface area contributed by atoms with E-state index in [1.165, 1.54) is 6.07 Å². The van der Waals surface area contributed by atoms with Gasteiger partial charge < -0.3 is 9.31 Å². The van der Waals surface area contributed by atoms with Crippen molar-refractivity contribution >= 4 is 7.12 Å². The maximum atomic E-state index is 13.8. The van der Waals surface area contributed by atoms with Crippen LogP contribution >= 0.6 is 0 Å². The molecule has 0 radical (unpaired) electrons. The Labute approximate surface area is 131 Å². The lowest BCUT2D eigenvalue weighted by Gasteiger charge is -2.32. The molecule has 0 spiro atoms. The maximum Gasteiger partial charge on any atom is 0.462 e. The molecule has 3 rings (SSSR count). The number of halogens is 1. The van der Waals surface area contributed by atoms with Crippen molar-refractivity contribution in [3.8, 4) is 6.07 Å². The van der Waals surface area contributed by atoms with E-state index < -0.39 is 5.82 Å². The minimum absolute atomic E-state index is 0.0873. The van der Waals surface area contributed by atoms with Crippen LogP contribution in [0.15, 0.2) is 18.2 Å². The van der Waals surface area contributed by atoms with Gasteiger partial charge in [0.2, 0.25) is 0 Å². The predicted octanol–water partition coefficient (Wildman–Crippen LogP) is 3.89. The van der Waals surface area contributed by atoms with E-state index in [4.69, 9.17) is 14.6 Å². The molecular formula is C17H21BFNO2. The molecule has 3 unspecified atom stereocenters. The molecule has 3 nitrogen and oxygen atoms in total. The SMILES string of the molecule is CC1C(B2OC(C)(C)C(C)(C)O2)C1c1ccc(C#N)c(F)c1. The number of hydrogen-bond acceptors (Lipinski definition) is 3. The molecule has 5 heteroatoms. The number of rotatable bonds is 2. The van der Waals surface area contributed by atoms with E-state index in [0.717, 1.165) is 5.56 Å². The van der Waals surface area contributed by atoms with Gasteiger partial charge in [-0.3, -0.25) is 0 Å². The van der Waals surface area contributed by atoms with Crippen LogP contribution in [0.5, 0.6) is 0 Å². The Morgan fingerprint density at radius 1 is 1.18 bits per heavy atom. The summed E-state index contributed by atoms with van der Waals surface area (Å²) >= 11 is 0. The Kier molecular flexibility index (Phi) is 3.39. The van der Waals surface area contributed by atoms with Gasteiger partial charge >= 0.3 is 7.12 Å². The zero-order valence-electron chi connectivity index (χ0n) is 13.7. The van der Waals surface area contributed by atoms with Gasteiger partial charge in [0.25, 0.3) is 0 Å². The summed E-state index contributed by atoms with van der Waals surface area (Å²) in [5.74, 6) is 0.374. The first-order valence-corrected chi connectivity index (χ1v) is 7.73. The summed E-state index contributed by atoms with van der Waals surface area (Å²) in [5.41, 5.74) is 0.314. The lowest BCUT2D eigenvalue weighted by molar-refractivity contribution is 0.00578. The van der Waals surface area contributed by atoms with Crippen LogP contribution in [-0.2, 0) is 9.31 Å². The summed E-state index contributed by atoms with van der Waals surface area (Å²) in [4.78, 5) is 0. The molecule has 1 saturated heterocycles. The molecule has 0 aromatic heterocycles. The Hall–Kier alpha value is -1.38. The second-order valence-corrected chi connectivity index (χ2v) is 7.44. The summed E-state index contributed by atoms with van der Waals surface area (Å²) in [6.07, 6.45) is 0. The Morgan fingerprint density at radius 2 is 1.77 bits per heavy atom. The molecule has 3 atom stereocenters. The van der Waals surface area contributed by atoms with Gasteiger partial charge in [-0.2, -0.15) is 5.26 Å². The minimum atomic E-state index is -0.452. The molecule has 0 bridgehead atoms. The maximum absolute atomic E-state index is 13.8. The van der Waals surface area contributed by atoms with Crippen molar-refractivity contribution in [2.24, 2.45) is 5.92 Å². The largest absolute Gasteiger partial charge is 0.462 e. The molecule has 22 heavy (non-hydrogen) atoms. The highest BCUT2D eigenvalue weighted by atomic mass is 19.1. The third-order valence-corrected chi connectivity index (χ3v) is 5.53. The van der Waals surface area contributed by atoms with E-state index in [-0.39, 0.29) is 35.6 Å². The molecule has 1 aliphatic heterocycles. The van der Waals surface area contributed by atoms with Gasteiger partial charge in [0.05, 0.1) is 16.8 Å². The third kappa shape index (κ3) is 2.26. The summed E-state index contributed by atoms with van der Waals surface area (Å²) in [6, 6.07) is 6.73. The van der Waals surface area contributed by atoms with Gasteiger partial charge in [-0.15, -0.1) is 0 Å². The fourth-order valence-electron chi connectivity index (χ4n) is 3.31. The van der Waals surface area contributed by atoms with Gasteiger partial charge in [0.15, 0.2) is 0 Å². The molecule has 0 N–H and O–H groups in total. The van der Waals surface area contributed by atoms with Crippen LogP contribution in [0, 0.1) is 23.1 Å². The molecule has 1 aromatic rings. The molecule has 1 aliphatic carbocycles. The summed E-state index contributed by atoms with van der Waals surface area (Å²) in [5, 5.41) is 8.83. The van der Waals surface area contributed by atoms with Crippen molar-refractivity contribution in [2.45, 2.75) is 57.6 Å². The monoisotopic (exact) mass is 301 g/mol. The van der Waals surface area contributed by atoms with Crippen LogP contribution in [0.4, 0.5) is 4.39 Å².